The van der Waals surface area contributed by atoms with Crippen LogP contribution < -0.4 is 5.32 Å². The summed E-state index contributed by atoms with van der Waals surface area (Å²) in [7, 11) is 0. The van der Waals surface area contributed by atoms with Crippen molar-refractivity contribution in [2.45, 2.75) is 57.2 Å². The van der Waals surface area contributed by atoms with Crippen molar-refractivity contribution >= 4 is 5.95 Å². The third-order valence-electron chi connectivity index (χ3n) is 7.77. The van der Waals surface area contributed by atoms with Crippen molar-refractivity contribution in [3.63, 3.8) is 0 Å². The first-order chi connectivity index (χ1) is 16.6. The van der Waals surface area contributed by atoms with E-state index in [1.165, 1.54) is 37.8 Å². The Hall–Kier alpha value is -2.84. The fraction of sp³-hybridized carbons (Fsp3) is 0.500. The van der Waals surface area contributed by atoms with Gasteiger partial charge in [0.25, 0.3) is 0 Å². The Labute approximate surface area is 198 Å². The van der Waals surface area contributed by atoms with E-state index in [9.17, 15) is 9.50 Å². The fourth-order valence-corrected chi connectivity index (χ4v) is 5.94. The summed E-state index contributed by atoms with van der Waals surface area (Å²) in [6, 6.07) is 8.62. The van der Waals surface area contributed by atoms with E-state index in [4.69, 9.17) is 9.51 Å². The zero-order valence-corrected chi connectivity index (χ0v) is 19.2. The number of nitrogens with zero attached hydrogens (tertiary/aromatic N) is 4. The number of anilines is 1. The number of likely N-dealkylation sites (tertiary alicyclic amines) is 1. The number of aromatic nitrogens is 3. The highest BCUT2D eigenvalue weighted by Crippen LogP contribution is 2.45. The molecule has 3 heterocycles. The second-order valence-corrected chi connectivity index (χ2v) is 10.0. The van der Waals surface area contributed by atoms with Crippen molar-refractivity contribution in [2.24, 2.45) is 11.8 Å². The number of piperidine rings is 1. The van der Waals surface area contributed by atoms with Gasteiger partial charge in [0.15, 0.2) is 5.76 Å². The molecular weight excluding hydrogens is 433 g/mol. The molecule has 34 heavy (non-hydrogen) atoms. The Morgan fingerprint density at radius 3 is 2.62 bits per heavy atom. The highest BCUT2D eigenvalue weighted by Gasteiger charge is 2.39. The Balaban J connectivity index is 1.33. The van der Waals surface area contributed by atoms with Gasteiger partial charge in [-0.15, -0.1) is 0 Å². The van der Waals surface area contributed by atoms with Crippen molar-refractivity contribution in [1.82, 2.24) is 20.0 Å². The van der Waals surface area contributed by atoms with Gasteiger partial charge < -0.3 is 14.9 Å². The first-order valence-electron chi connectivity index (χ1n) is 12.4. The average molecular weight is 464 g/mol. The van der Waals surface area contributed by atoms with Gasteiger partial charge in [-0.1, -0.05) is 11.6 Å². The fourth-order valence-electron chi connectivity index (χ4n) is 5.94. The summed E-state index contributed by atoms with van der Waals surface area (Å²) >= 11 is 0. The molecule has 1 aromatic carbocycles. The minimum Gasteiger partial charge on any atom is -0.393 e. The van der Waals surface area contributed by atoms with Gasteiger partial charge >= 0.3 is 0 Å². The molecule has 3 aliphatic rings. The molecule has 8 heteroatoms. The van der Waals surface area contributed by atoms with Gasteiger partial charge in [-0.3, -0.25) is 4.90 Å². The summed E-state index contributed by atoms with van der Waals surface area (Å²) in [6.07, 6.45) is 8.19. The lowest BCUT2D eigenvalue weighted by Gasteiger charge is -2.28. The van der Waals surface area contributed by atoms with E-state index in [-0.39, 0.29) is 11.9 Å². The van der Waals surface area contributed by atoms with E-state index in [2.05, 4.69) is 20.4 Å². The topological polar surface area (TPSA) is 87.3 Å². The first kappa shape index (κ1) is 21.7. The van der Waals surface area contributed by atoms with E-state index >= 15 is 0 Å². The molecule has 1 saturated heterocycles. The third-order valence-corrected chi connectivity index (χ3v) is 7.77. The van der Waals surface area contributed by atoms with Gasteiger partial charge in [-0.2, -0.15) is 0 Å². The molecule has 6 rings (SSSR count). The van der Waals surface area contributed by atoms with E-state index in [1.54, 1.807) is 18.3 Å². The number of aliphatic hydroxyl groups is 1. The number of fused-ring (bicyclic) bond motifs is 2. The minimum absolute atomic E-state index is 0.235. The largest absolute Gasteiger partial charge is 0.393 e. The Kier molecular flexibility index (Phi) is 5.79. The third kappa shape index (κ3) is 4.32. The van der Waals surface area contributed by atoms with Crippen molar-refractivity contribution in [1.29, 1.82) is 0 Å². The van der Waals surface area contributed by atoms with Crippen LogP contribution in [0, 0.1) is 17.7 Å². The summed E-state index contributed by atoms with van der Waals surface area (Å²) in [4.78, 5) is 11.6. The van der Waals surface area contributed by atoms with Crippen LogP contribution in [0.25, 0.3) is 22.5 Å². The lowest BCUT2D eigenvalue weighted by atomic mass is 9.95. The lowest BCUT2D eigenvalue weighted by Crippen LogP contribution is -2.35. The number of hydrogen-bond acceptors (Lipinski definition) is 7. The summed E-state index contributed by atoms with van der Waals surface area (Å²) in [5, 5.41) is 17.8. The van der Waals surface area contributed by atoms with Gasteiger partial charge in [0.05, 0.1) is 23.9 Å². The maximum absolute atomic E-state index is 13.6. The van der Waals surface area contributed by atoms with Crippen molar-refractivity contribution in [3.05, 3.63) is 48.1 Å². The van der Waals surface area contributed by atoms with Gasteiger partial charge in [-0.05, 0) is 74.3 Å². The maximum atomic E-state index is 13.6. The number of halogens is 1. The molecule has 2 N–H and O–H groups in total. The van der Waals surface area contributed by atoms with Crippen LogP contribution >= 0.6 is 0 Å². The van der Waals surface area contributed by atoms with Crippen molar-refractivity contribution in [3.8, 4) is 22.5 Å². The summed E-state index contributed by atoms with van der Waals surface area (Å²) < 4.78 is 19.4. The zero-order valence-electron chi connectivity index (χ0n) is 19.2. The van der Waals surface area contributed by atoms with E-state index in [0.717, 1.165) is 54.4 Å². The highest BCUT2D eigenvalue weighted by atomic mass is 19.1. The van der Waals surface area contributed by atoms with Gasteiger partial charge in [0.2, 0.25) is 5.95 Å². The van der Waals surface area contributed by atoms with Crippen LogP contribution in [0.5, 0.6) is 0 Å². The molecule has 2 bridgehead atoms. The number of hydrogen-bond donors (Lipinski definition) is 2. The van der Waals surface area contributed by atoms with Crippen LogP contribution in [0.4, 0.5) is 10.3 Å². The molecule has 2 aromatic heterocycles. The molecule has 3 atom stereocenters. The van der Waals surface area contributed by atoms with Gasteiger partial charge in [0.1, 0.15) is 11.5 Å². The number of benzene rings is 1. The first-order valence-corrected chi connectivity index (χ1v) is 12.4. The Bertz CT molecular complexity index is 1140. The monoisotopic (exact) mass is 463 g/mol. The molecule has 2 saturated carbocycles. The second kappa shape index (κ2) is 9.07. The molecule has 0 amide bonds. The average Bonchev–Trinajstić information content (AvgIpc) is 3.57. The molecule has 3 aromatic rings. The molecule has 0 radical (unpaired) electrons. The van der Waals surface area contributed by atoms with Crippen LogP contribution in [-0.2, 0) is 6.54 Å². The Morgan fingerprint density at radius 2 is 1.88 bits per heavy atom. The predicted octanol–water partition coefficient (Wildman–Crippen LogP) is 4.49. The molecule has 2 unspecified atom stereocenters. The van der Waals surface area contributed by atoms with E-state index in [0.29, 0.717) is 30.1 Å². The van der Waals surface area contributed by atoms with Crippen LogP contribution in [0.15, 0.2) is 41.1 Å². The second-order valence-electron chi connectivity index (χ2n) is 10.0. The quantitative estimate of drug-likeness (QED) is 0.557. The summed E-state index contributed by atoms with van der Waals surface area (Å²) in [6.45, 7) is 2.18. The van der Waals surface area contributed by atoms with Crippen LogP contribution in [0.3, 0.4) is 0 Å². The van der Waals surface area contributed by atoms with Crippen molar-refractivity contribution < 1.29 is 14.0 Å². The molecule has 1 aliphatic heterocycles. The van der Waals surface area contributed by atoms with Crippen LogP contribution in [-0.4, -0.2) is 50.4 Å². The molecule has 178 valence electrons. The smallest absolute Gasteiger partial charge is 0.223 e. The standard InChI is InChI=1S/C26H30FN5O2/c27-19-5-3-17(4-6-19)25-24(23(34-31-25)15-32-11-8-20(33)9-12-32)21-7-10-28-26(29-21)30-22-14-16-1-2-18(22)13-16/h3-7,10,16,18,20,22,33H,1-2,8-9,11-15H2,(H,28,29,30)/t16-,18?,22?/m1/s1. The van der Waals surface area contributed by atoms with Gasteiger partial charge in [-0.25, -0.2) is 14.4 Å². The van der Waals surface area contributed by atoms with Crippen molar-refractivity contribution in [2.75, 3.05) is 18.4 Å². The normalized spacial score (nSPS) is 25.2. The zero-order chi connectivity index (χ0) is 23.1. The lowest BCUT2D eigenvalue weighted by molar-refractivity contribution is 0.0750. The molecule has 7 nitrogen and oxygen atoms in total. The van der Waals surface area contributed by atoms with E-state index < -0.39 is 0 Å². The number of aliphatic hydroxyl groups excluding tert-OH is 1. The summed E-state index contributed by atoms with van der Waals surface area (Å²) in [5.41, 5.74) is 2.99. The maximum Gasteiger partial charge on any atom is 0.223 e. The molecule has 2 aliphatic carbocycles. The molecular formula is C26H30FN5O2. The highest BCUT2D eigenvalue weighted by molar-refractivity contribution is 5.80. The Morgan fingerprint density at radius 1 is 1.06 bits per heavy atom. The van der Waals surface area contributed by atoms with Crippen LogP contribution in [0.2, 0.25) is 0 Å². The molecule has 3 fully saturated rings. The molecule has 0 spiro atoms. The predicted molar refractivity (Wildman–Crippen MR) is 126 cm³/mol. The van der Waals surface area contributed by atoms with Gasteiger partial charge in [0, 0.05) is 30.9 Å². The van der Waals surface area contributed by atoms with E-state index in [1.807, 2.05) is 6.07 Å². The number of nitrogens with one attached hydrogen (secondary N) is 1. The SMILES string of the molecule is OC1CCN(Cc2onc(-c3ccc(F)cc3)c2-c2ccnc(NC3C[C@@H]4CCC3C4)n2)CC1. The summed E-state index contributed by atoms with van der Waals surface area (Å²) in [5.74, 6) is 2.62. The minimum atomic E-state index is -0.291. The van der Waals surface area contributed by atoms with Crippen LogP contribution in [0.1, 0.15) is 44.3 Å². The number of rotatable bonds is 6.